The Kier molecular flexibility index (Phi) is 6.69. The van der Waals surface area contributed by atoms with E-state index in [1.54, 1.807) is 18.3 Å². The maximum absolute atomic E-state index is 12.5. The van der Waals surface area contributed by atoms with E-state index in [0.717, 1.165) is 51.3 Å². The first-order chi connectivity index (χ1) is 13.8. The molecule has 1 aliphatic carbocycles. The highest BCUT2D eigenvalue weighted by molar-refractivity contribution is 9.10. The molecule has 0 fully saturated rings. The fourth-order valence-electron chi connectivity index (χ4n) is 3.51. The van der Waals surface area contributed by atoms with Gasteiger partial charge in [-0.3, -0.25) is 4.79 Å². The van der Waals surface area contributed by atoms with Crippen LogP contribution in [0.2, 0.25) is 18.1 Å². The lowest BCUT2D eigenvalue weighted by atomic mass is 10.0. The SMILES string of the molecule is CC(=O)c1cc(N(C)C)c(Br)cc1-c1nc2c(s1)C(O[Si](C)(C)C(C)(C)C)CCC2. The lowest BCUT2D eigenvalue weighted by Gasteiger charge is -2.40. The van der Waals surface area contributed by atoms with E-state index in [-0.39, 0.29) is 16.9 Å². The van der Waals surface area contributed by atoms with Crippen LogP contribution in [0.1, 0.15) is 67.6 Å². The molecule has 0 N–H and O–H groups in total. The average Bonchev–Trinajstić information content (AvgIpc) is 3.05. The van der Waals surface area contributed by atoms with Crippen LogP contribution in [0, 0.1) is 0 Å². The summed E-state index contributed by atoms with van der Waals surface area (Å²) in [6.45, 7) is 13.1. The van der Waals surface area contributed by atoms with Crippen LogP contribution >= 0.6 is 27.3 Å². The molecule has 0 bridgehead atoms. The number of aromatic nitrogens is 1. The minimum atomic E-state index is -1.88. The third-order valence-corrected chi connectivity index (χ3v) is 12.7. The Hall–Kier alpha value is -1.02. The Morgan fingerprint density at radius 3 is 2.53 bits per heavy atom. The molecule has 1 heterocycles. The maximum atomic E-state index is 12.5. The van der Waals surface area contributed by atoms with E-state index in [0.29, 0.717) is 0 Å². The van der Waals surface area contributed by atoms with Crippen LogP contribution in [0.5, 0.6) is 0 Å². The molecule has 7 heteroatoms. The predicted octanol–water partition coefficient (Wildman–Crippen LogP) is 7.24. The second-order valence-corrected chi connectivity index (χ2v) is 16.5. The monoisotopic (exact) mass is 508 g/mol. The van der Waals surface area contributed by atoms with Crippen molar-refractivity contribution in [2.75, 3.05) is 19.0 Å². The standard InChI is InChI=1S/C23H33BrN2O2SSi/c1-14(27)15-13-19(26(5)6)17(24)12-16(15)22-25-18-10-9-11-20(21(18)29-22)28-30(7,8)23(2,3)4/h12-13,20H,9-11H2,1-8H3. The largest absolute Gasteiger partial charge is 0.409 e. The Balaban J connectivity index is 2.05. The van der Waals surface area contributed by atoms with Crippen molar-refractivity contribution in [2.45, 2.75) is 71.2 Å². The zero-order chi connectivity index (χ0) is 22.4. The van der Waals surface area contributed by atoms with Crippen molar-refractivity contribution in [3.63, 3.8) is 0 Å². The highest BCUT2D eigenvalue weighted by atomic mass is 79.9. The number of halogens is 1. The smallest absolute Gasteiger partial charge is 0.192 e. The number of nitrogens with zero attached hydrogens (tertiary/aromatic N) is 2. The van der Waals surface area contributed by atoms with Crippen molar-refractivity contribution >= 4 is 47.1 Å². The summed E-state index contributed by atoms with van der Waals surface area (Å²) in [5.74, 6) is 0.0582. The summed E-state index contributed by atoms with van der Waals surface area (Å²) in [5.41, 5.74) is 3.76. The minimum Gasteiger partial charge on any atom is -0.409 e. The van der Waals surface area contributed by atoms with E-state index in [1.807, 2.05) is 31.1 Å². The number of thiazole rings is 1. The Bertz CT molecular complexity index is 963. The molecule has 1 aromatic carbocycles. The Labute approximate surface area is 194 Å². The molecule has 0 saturated heterocycles. The number of carbonyl (C=O) groups is 1. The number of benzene rings is 1. The fraction of sp³-hybridized carbons (Fsp3) is 0.565. The lowest BCUT2D eigenvalue weighted by molar-refractivity contribution is 0.101. The third-order valence-electron chi connectivity index (χ3n) is 6.32. The predicted molar refractivity (Wildman–Crippen MR) is 134 cm³/mol. The van der Waals surface area contributed by atoms with Crippen molar-refractivity contribution in [1.82, 2.24) is 4.98 Å². The van der Waals surface area contributed by atoms with Gasteiger partial charge in [0.15, 0.2) is 14.1 Å². The molecule has 30 heavy (non-hydrogen) atoms. The van der Waals surface area contributed by atoms with Crippen LogP contribution in [0.25, 0.3) is 10.6 Å². The number of carbonyl (C=O) groups excluding carboxylic acids is 1. The van der Waals surface area contributed by atoms with Crippen LogP contribution in [-0.4, -0.2) is 33.2 Å². The van der Waals surface area contributed by atoms with Crippen LogP contribution in [-0.2, 0) is 10.8 Å². The average molecular weight is 510 g/mol. The first kappa shape index (κ1) is 23.6. The number of fused-ring (bicyclic) bond motifs is 1. The summed E-state index contributed by atoms with van der Waals surface area (Å²) in [6.07, 6.45) is 3.24. The van der Waals surface area contributed by atoms with Crippen molar-refractivity contribution in [1.29, 1.82) is 0 Å². The molecule has 164 valence electrons. The van der Waals surface area contributed by atoms with Gasteiger partial charge < -0.3 is 9.33 Å². The van der Waals surface area contributed by atoms with Gasteiger partial charge in [0.25, 0.3) is 0 Å². The number of Topliss-reactive ketones (excluding diaryl/α,β-unsaturated/α-hetero) is 1. The van der Waals surface area contributed by atoms with E-state index < -0.39 is 8.32 Å². The zero-order valence-electron chi connectivity index (χ0n) is 19.4. The molecule has 2 aromatic rings. The first-order valence-electron chi connectivity index (χ1n) is 10.5. The molecular weight excluding hydrogens is 476 g/mol. The minimum absolute atomic E-state index is 0.0582. The molecule has 1 atom stereocenters. The van der Waals surface area contributed by atoms with E-state index in [9.17, 15) is 4.79 Å². The summed E-state index contributed by atoms with van der Waals surface area (Å²) < 4.78 is 7.76. The quantitative estimate of drug-likeness (QED) is 0.315. The van der Waals surface area contributed by atoms with Crippen LogP contribution in [0.15, 0.2) is 16.6 Å². The fourth-order valence-corrected chi connectivity index (χ4v) is 6.80. The summed E-state index contributed by atoms with van der Waals surface area (Å²) >= 11 is 5.38. The summed E-state index contributed by atoms with van der Waals surface area (Å²) in [6, 6.07) is 4.01. The second kappa shape index (κ2) is 8.49. The van der Waals surface area contributed by atoms with Gasteiger partial charge in [0.1, 0.15) is 5.01 Å². The maximum Gasteiger partial charge on any atom is 0.192 e. The van der Waals surface area contributed by atoms with E-state index >= 15 is 0 Å². The summed E-state index contributed by atoms with van der Waals surface area (Å²) in [5, 5.41) is 1.09. The molecule has 0 amide bonds. The topological polar surface area (TPSA) is 42.4 Å². The second-order valence-electron chi connectivity index (χ2n) is 9.89. The van der Waals surface area contributed by atoms with Crippen molar-refractivity contribution < 1.29 is 9.22 Å². The molecule has 4 nitrogen and oxygen atoms in total. The molecule has 0 aliphatic heterocycles. The normalized spacial score (nSPS) is 17.0. The number of anilines is 1. The van der Waals surface area contributed by atoms with Crippen LogP contribution < -0.4 is 4.90 Å². The molecule has 1 aliphatic rings. The molecule has 1 unspecified atom stereocenters. The van der Waals surface area contributed by atoms with Gasteiger partial charge in [0, 0.05) is 29.7 Å². The molecular formula is C23H33BrN2O2SSi. The van der Waals surface area contributed by atoms with Gasteiger partial charge >= 0.3 is 0 Å². The number of ketones is 1. The lowest BCUT2D eigenvalue weighted by Crippen LogP contribution is -2.42. The third kappa shape index (κ3) is 4.59. The van der Waals surface area contributed by atoms with E-state index in [4.69, 9.17) is 9.41 Å². The number of hydrogen-bond donors (Lipinski definition) is 0. The van der Waals surface area contributed by atoms with Gasteiger partial charge in [-0.05, 0) is 72.4 Å². The molecule has 1 aromatic heterocycles. The zero-order valence-corrected chi connectivity index (χ0v) is 22.8. The molecule has 0 radical (unpaired) electrons. The number of hydrogen-bond acceptors (Lipinski definition) is 5. The summed E-state index contributed by atoms with van der Waals surface area (Å²) in [4.78, 5) is 20.7. The highest BCUT2D eigenvalue weighted by Gasteiger charge is 2.41. The number of rotatable bonds is 5. The van der Waals surface area contributed by atoms with Crippen molar-refractivity contribution in [2.24, 2.45) is 0 Å². The van der Waals surface area contributed by atoms with Gasteiger partial charge in [-0.25, -0.2) is 4.98 Å². The molecule has 0 saturated carbocycles. The molecule has 3 rings (SSSR count). The van der Waals surface area contributed by atoms with E-state index in [2.05, 4.69) is 49.8 Å². The summed E-state index contributed by atoms with van der Waals surface area (Å²) in [7, 11) is 2.08. The Morgan fingerprint density at radius 2 is 1.97 bits per heavy atom. The number of aryl methyl sites for hydroxylation is 1. The van der Waals surface area contributed by atoms with Crippen LogP contribution in [0.4, 0.5) is 5.69 Å². The highest BCUT2D eigenvalue weighted by Crippen LogP contribution is 2.46. The van der Waals surface area contributed by atoms with Gasteiger partial charge in [0.05, 0.1) is 22.4 Å². The van der Waals surface area contributed by atoms with Crippen molar-refractivity contribution in [3.05, 3.63) is 32.7 Å². The Morgan fingerprint density at radius 1 is 1.30 bits per heavy atom. The van der Waals surface area contributed by atoms with E-state index in [1.165, 1.54) is 4.88 Å². The van der Waals surface area contributed by atoms with Gasteiger partial charge in [-0.2, -0.15) is 0 Å². The van der Waals surface area contributed by atoms with Crippen molar-refractivity contribution in [3.8, 4) is 10.6 Å². The molecule has 0 spiro atoms. The van der Waals surface area contributed by atoms with Crippen LogP contribution in [0.3, 0.4) is 0 Å². The van der Waals surface area contributed by atoms with Gasteiger partial charge in [-0.15, -0.1) is 11.3 Å². The van der Waals surface area contributed by atoms with Gasteiger partial charge in [-0.1, -0.05) is 20.8 Å². The van der Waals surface area contributed by atoms with Gasteiger partial charge in [0.2, 0.25) is 0 Å². The first-order valence-corrected chi connectivity index (χ1v) is 15.0.